The molecular weight excluding hydrogens is 739 g/mol. The maximum Gasteiger partial charge on any atom is 0.162 e. The number of benzene rings is 9. The van der Waals surface area contributed by atoms with Crippen LogP contribution in [0, 0.1) is 0 Å². The Morgan fingerprint density at radius 2 is 0.672 bits per heavy atom. The number of nitrogens with zero attached hydrogens (tertiary/aromatic N) is 3. The first-order chi connectivity index (χ1) is 30.2. The highest BCUT2D eigenvalue weighted by molar-refractivity contribution is 6.14. The molecule has 0 radical (unpaired) electrons. The smallest absolute Gasteiger partial charge is 0.162 e. The molecule has 3 nitrogen and oxygen atoms in total. The molecule has 2 heterocycles. The van der Waals surface area contributed by atoms with E-state index in [1.807, 2.05) is 0 Å². The van der Waals surface area contributed by atoms with Gasteiger partial charge in [0.2, 0.25) is 0 Å². The van der Waals surface area contributed by atoms with Crippen LogP contribution in [0.3, 0.4) is 0 Å². The van der Waals surface area contributed by atoms with Gasteiger partial charge in [-0.1, -0.05) is 188 Å². The monoisotopic (exact) mass is 777 g/mol. The summed E-state index contributed by atoms with van der Waals surface area (Å²) in [5, 5.41) is 2.17. The SMILES string of the molecule is c1ccc(-c2ccc(-c3cc(-c4ccccc4)cc(-c4cccc(-c5cccc(-c6nc(-c7ccccc7)c7c8ccccc8n(-c8ccccc8)c7n6)c5)c4)c3)cc2)cc1. The predicted molar refractivity (Wildman–Crippen MR) is 254 cm³/mol. The maximum atomic E-state index is 5.40. The molecule has 0 spiro atoms. The van der Waals surface area contributed by atoms with Gasteiger partial charge < -0.3 is 0 Å². The number of hydrogen-bond donors (Lipinski definition) is 0. The number of fused-ring (bicyclic) bond motifs is 3. The van der Waals surface area contributed by atoms with Crippen LogP contribution in [-0.2, 0) is 0 Å². The summed E-state index contributed by atoms with van der Waals surface area (Å²) in [5.41, 5.74) is 17.7. The highest BCUT2D eigenvalue weighted by Gasteiger charge is 2.21. The van der Waals surface area contributed by atoms with Crippen molar-refractivity contribution in [2.75, 3.05) is 0 Å². The summed E-state index contributed by atoms with van der Waals surface area (Å²) in [4.78, 5) is 10.8. The first kappa shape index (κ1) is 36.0. The van der Waals surface area contributed by atoms with Crippen molar-refractivity contribution in [3.05, 3.63) is 237 Å². The highest BCUT2D eigenvalue weighted by atomic mass is 15.1. The topological polar surface area (TPSA) is 30.7 Å². The van der Waals surface area contributed by atoms with Crippen molar-refractivity contribution in [3.8, 4) is 84.0 Å². The molecule has 9 aromatic carbocycles. The molecule has 0 atom stereocenters. The fourth-order valence-electron chi connectivity index (χ4n) is 8.59. The fourth-order valence-corrected chi connectivity index (χ4v) is 8.59. The molecule has 0 unspecified atom stereocenters. The zero-order valence-electron chi connectivity index (χ0n) is 33.4. The quantitative estimate of drug-likeness (QED) is 0.154. The standard InChI is InChI=1S/C58H39N3/c1-5-17-40(18-6-1)42-31-33-43(34-32-42)50-37-49(41-19-7-2-8-20-41)38-51(39-50)47-25-15-23-45(35-47)46-24-16-26-48(36-46)57-59-56(44-21-9-3-10-22-44)55-53-29-13-14-30-54(53)61(58(55)60-57)52-27-11-4-12-28-52/h1-39H. The third kappa shape index (κ3) is 6.88. The van der Waals surface area contributed by atoms with Crippen LogP contribution in [0.4, 0.5) is 0 Å². The molecule has 0 fully saturated rings. The number of aromatic nitrogens is 3. The van der Waals surface area contributed by atoms with Crippen molar-refractivity contribution >= 4 is 21.9 Å². The Morgan fingerprint density at radius 1 is 0.279 bits per heavy atom. The average molecular weight is 778 g/mol. The van der Waals surface area contributed by atoms with Gasteiger partial charge in [-0.05, 0) is 104 Å². The van der Waals surface area contributed by atoms with Crippen molar-refractivity contribution in [1.29, 1.82) is 0 Å². The highest BCUT2D eigenvalue weighted by Crippen LogP contribution is 2.40. The molecule has 286 valence electrons. The van der Waals surface area contributed by atoms with Crippen LogP contribution in [0.15, 0.2) is 237 Å². The van der Waals surface area contributed by atoms with Crippen LogP contribution >= 0.6 is 0 Å². The van der Waals surface area contributed by atoms with Gasteiger partial charge in [0.15, 0.2) is 5.82 Å². The largest absolute Gasteiger partial charge is 0.294 e. The molecule has 3 heteroatoms. The Hall–Kier alpha value is -8.14. The van der Waals surface area contributed by atoms with Crippen molar-refractivity contribution in [3.63, 3.8) is 0 Å². The third-order valence-electron chi connectivity index (χ3n) is 11.6. The van der Waals surface area contributed by atoms with Crippen LogP contribution in [0.25, 0.3) is 106 Å². The zero-order chi connectivity index (χ0) is 40.5. The third-order valence-corrected chi connectivity index (χ3v) is 11.6. The van der Waals surface area contributed by atoms with Crippen molar-refractivity contribution in [1.82, 2.24) is 14.5 Å². The lowest BCUT2D eigenvalue weighted by molar-refractivity contribution is 1.11. The Bertz CT molecular complexity index is 3320. The minimum atomic E-state index is 0.683. The molecule has 61 heavy (non-hydrogen) atoms. The lowest BCUT2D eigenvalue weighted by Gasteiger charge is -2.13. The van der Waals surface area contributed by atoms with Crippen molar-refractivity contribution in [2.24, 2.45) is 0 Å². The zero-order valence-corrected chi connectivity index (χ0v) is 33.4. The predicted octanol–water partition coefficient (Wildman–Crippen LogP) is 15.2. The summed E-state index contributed by atoms with van der Waals surface area (Å²) in [7, 11) is 0. The Morgan fingerprint density at radius 3 is 1.28 bits per heavy atom. The van der Waals surface area contributed by atoms with E-state index in [9.17, 15) is 0 Å². The fraction of sp³-hybridized carbons (Fsp3) is 0. The van der Waals surface area contributed by atoms with E-state index in [2.05, 4.69) is 241 Å². The maximum absolute atomic E-state index is 5.40. The van der Waals surface area contributed by atoms with E-state index in [0.717, 1.165) is 66.7 Å². The summed E-state index contributed by atoms with van der Waals surface area (Å²) in [6.45, 7) is 0. The molecule has 0 saturated heterocycles. The van der Waals surface area contributed by atoms with E-state index >= 15 is 0 Å². The summed E-state index contributed by atoms with van der Waals surface area (Å²) < 4.78 is 2.27. The van der Waals surface area contributed by atoms with Crippen molar-refractivity contribution in [2.45, 2.75) is 0 Å². The normalized spacial score (nSPS) is 11.3. The van der Waals surface area contributed by atoms with Gasteiger partial charge in [0.1, 0.15) is 5.65 Å². The van der Waals surface area contributed by atoms with E-state index in [-0.39, 0.29) is 0 Å². The van der Waals surface area contributed by atoms with Gasteiger partial charge in [0, 0.05) is 22.2 Å². The molecule has 0 N–H and O–H groups in total. The summed E-state index contributed by atoms with van der Waals surface area (Å²) in [5.74, 6) is 0.683. The molecule has 2 aromatic heterocycles. The lowest BCUT2D eigenvalue weighted by Crippen LogP contribution is -1.99. The summed E-state index contributed by atoms with van der Waals surface area (Å²) in [6, 6.07) is 84.1. The molecule has 0 aliphatic carbocycles. The molecule has 0 aliphatic heterocycles. The molecular formula is C58H39N3. The molecule has 11 aromatic rings. The van der Waals surface area contributed by atoms with Gasteiger partial charge in [0.25, 0.3) is 0 Å². The van der Waals surface area contributed by atoms with E-state index in [1.165, 1.54) is 33.4 Å². The van der Waals surface area contributed by atoms with Gasteiger partial charge >= 0.3 is 0 Å². The van der Waals surface area contributed by atoms with Gasteiger partial charge in [-0.2, -0.15) is 0 Å². The van der Waals surface area contributed by atoms with E-state index in [1.54, 1.807) is 0 Å². The van der Waals surface area contributed by atoms with Crippen LogP contribution < -0.4 is 0 Å². The minimum absolute atomic E-state index is 0.683. The van der Waals surface area contributed by atoms with Gasteiger partial charge in [-0.25, -0.2) is 9.97 Å². The second-order valence-electron chi connectivity index (χ2n) is 15.4. The van der Waals surface area contributed by atoms with E-state index < -0.39 is 0 Å². The second kappa shape index (κ2) is 15.6. The number of para-hydroxylation sites is 2. The van der Waals surface area contributed by atoms with Crippen molar-refractivity contribution < 1.29 is 0 Å². The first-order valence-corrected chi connectivity index (χ1v) is 20.7. The first-order valence-electron chi connectivity index (χ1n) is 20.7. The molecule has 0 saturated carbocycles. The van der Waals surface area contributed by atoms with Crippen LogP contribution in [-0.4, -0.2) is 14.5 Å². The second-order valence-corrected chi connectivity index (χ2v) is 15.4. The molecule has 11 rings (SSSR count). The molecule has 0 amide bonds. The Balaban J connectivity index is 1.02. The van der Waals surface area contributed by atoms with Gasteiger partial charge in [-0.3, -0.25) is 4.57 Å². The number of hydrogen-bond acceptors (Lipinski definition) is 2. The van der Waals surface area contributed by atoms with Crippen LogP contribution in [0.5, 0.6) is 0 Å². The van der Waals surface area contributed by atoms with Crippen LogP contribution in [0.2, 0.25) is 0 Å². The lowest BCUT2D eigenvalue weighted by atomic mass is 9.91. The van der Waals surface area contributed by atoms with Gasteiger partial charge in [0.05, 0.1) is 16.6 Å². The van der Waals surface area contributed by atoms with E-state index in [4.69, 9.17) is 9.97 Å². The molecule has 0 aliphatic rings. The van der Waals surface area contributed by atoms with Crippen LogP contribution in [0.1, 0.15) is 0 Å². The van der Waals surface area contributed by atoms with E-state index in [0.29, 0.717) is 5.82 Å². The Kier molecular flexibility index (Phi) is 9.18. The Labute approximate surface area is 355 Å². The van der Waals surface area contributed by atoms with Gasteiger partial charge in [-0.15, -0.1) is 0 Å². The number of rotatable bonds is 8. The molecule has 0 bridgehead atoms. The summed E-state index contributed by atoms with van der Waals surface area (Å²) in [6.07, 6.45) is 0. The summed E-state index contributed by atoms with van der Waals surface area (Å²) >= 11 is 0. The average Bonchev–Trinajstić information content (AvgIpc) is 3.69. The minimum Gasteiger partial charge on any atom is -0.294 e.